The van der Waals surface area contributed by atoms with E-state index in [4.69, 9.17) is 4.42 Å². The summed E-state index contributed by atoms with van der Waals surface area (Å²) < 4.78 is 13.3. The van der Waals surface area contributed by atoms with Crippen molar-refractivity contribution in [2.45, 2.75) is 6.54 Å². The zero-order valence-electron chi connectivity index (χ0n) is 8.47. The van der Waals surface area contributed by atoms with Crippen LogP contribution in [0.15, 0.2) is 22.9 Å². The molecule has 2 aromatic rings. The number of furan rings is 1. The van der Waals surface area contributed by atoms with Crippen LogP contribution in [0.3, 0.4) is 0 Å². The Morgan fingerprint density at radius 2 is 2.56 bits per heavy atom. The summed E-state index contributed by atoms with van der Waals surface area (Å²) in [5.41, 5.74) is 0.736. The molecule has 2 heterocycles. The zero-order valence-corrected chi connectivity index (χ0v) is 9.28. The smallest absolute Gasteiger partial charge is 0.374 e. The van der Waals surface area contributed by atoms with Gasteiger partial charge in [0.15, 0.2) is 0 Å². The molecule has 0 radical (unpaired) electrons. The Morgan fingerprint density at radius 1 is 1.69 bits per heavy atom. The van der Waals surface area contributed by atoms with Crippen molar-refractivity contribution in [1.29, 1.82) is 0 Å². The highest BCUT2D eigenvalue weighted by atomic mass is 32.1. The molecule has 0 saturated heterocycles. The van der Waals surface area contributed by atoms with Gasteiger partial charge in [0.2, 0.25) is 5.76 Å². The van der Waals surface area contributed by atoms with Crippen molar-refractivity contribution in [3.8, 4) is 0 Å². The lowest BCUT2D eigenvalue weighted by Crippen LogP contribution is -2.06. The molecule has 2 rings (SSSR count). The molecule has 84 valence electrons. The maximum atomic E-state index is 11.3. The number of methoxy groups -OCH3 is 1. The molecule has 0 unspecified atom stereocenters. The number of aromatic nitrogens is 2. The zero-order chi connectivity index (χ0) is 11.4. The van der Waals surface area contributed by atoms with E-state index in [0.29, 0.717) is 6.54 Å². The Hall–Kier alpha value is -1.89. The van der Waals surface area contributed by atoms with Crippen molar-refractivity contribution in [2.75, 3.05) is 12.4 Å². The summed E-state index contributed by atoms with van der Waals surface area (Å²) in [5, 5.41) is 7.59. The van der Waals surface area contributed by atoms with Crippen LogP contribution in [0, 0.1) is 0 Å². The first-order chi connectivity index (χ1) is 7.81. The number of ether oxygens (including phenoxy) is 1. The number of rotatable bonds is 4. The minimum absolute atomic E-state index is 0.215. The van der Waals surface area contributed by atoms with Gasteiger partial charge in [-0.25, -0.2) is 4.79 Å². The number of nitrogens with one attached hydrogen (secondary N) is 1. The Bertz CT molecular complexity index is 466. The fraction of sp³-hybridized carbons (Fsp3) is 0.222. The highest BCUT2D eigenvalue weighted by Gasteiger charge is 2.15. The lowest BCUT2D eigenvalue weighted by Gasteiger charge is -2.01. The molecule has 0 saturated carbocycles. The van der Waals surface area contributed by atoms with E-state index in [2.05, 4.69) is 19.6 Å². The normalized spacial score (nSPS) is 10.1. The molecule has 0 aromatic carbocycles. The van der Waals surface area contributed by atoms with Crippen molar-refractivity contribution >= 4 is 22.5 Å². The SMILES string of the molecule is COC(=O)c1occc1CNc1cnns1. The Kier molecular flexibility index (Phi) is 3.16. The van der Waals surface area contributed by atoms with E-state index < -0.39 is 5.97 Å². The fourth-order valence-corrected chi connectivity index (χ4v) is 1.59. The molecule has 1 N–H and O–H groups in total. The van der Waals surface area contributed by atoms with Gasteiger partial charge in [-0.15, -0.1) is 5.10 Å². The van der Waals surface area contributed by atoms with Crippen LogP contribution < -0.4 is 5.32 Å². The van der Waals surface area contributed by atoms with E-state index >= 15 is 0 Å². The first kappa shape index (κ1) is 10.6. The predicted molar refractivity (Wildman–Crippen MR) is 57.3 cm³/mol. The summed E-state index contributed by atoms with van der Waals surface area (Å²) in [4.78, 5) is 11.3. The first-order valence-corrected chi connectivity index (χ1v) is 5.24. The predicted octanol–water partition coefficient (Wildman–Crippen LogP) is 1.53. The molecule has 0 aliphatic rings. The molecule has 0 fully saturated rings. The highest BCUT2D eigenvalue weighted by molar-refractivity contribution is 7.09. The molecule has 0 spiro atoms. The van der Waals surface area contributed by atoms with Crippen LogP contribution in [0.4, 0.5) is 5.00 Å². The summed E-state index contributed by atoms with van der Waals surface area (Å²) in [6.07, 6.45) is 3.07. The molecule has 16 heavy (non-hydrogen) atoms. The molecule has 7 heteroatoms. The molecule has 6 nitrogen and oxygen atoms in total. The monoisotopic (exact) mass is 239 g/mol. The summed E-state index contributed by atoms with van der Waals surface area (Å²) in [5.74, 6) is -0.267. The second kappa shape index (κ2) is 4.75. The molecule has 0 aliphatic heterocycles. The number of hydrogen-bond donors (Lipinski definition) is 1. The van der Waals surface area contributed by atoms with Gasteiger partial charge in [-0.3, -0.25) is 0 Å². The van der Waals surface area contributed by atoms with E-state index in [-0.39, 0.29) is 5.76 Å². The van der Waals surface area contributed by atoms with Gasteiger partial charge in [-0.1, -0.05) is 4.49 Å². The summed E-state index contributed by atoms with van der Waals surface area (Å²) in [7, 11) is 1.31. The summed E-state index contributed by atoms with van der Waals surface area (Å²) in [6, 6.07) is 1.72. The van der Waals surface area contributed by atoms with Crippen molar-refractivity contribution in [2.24, 2.45) is 0 Å². The molecular formula is C9H9N3O3S. The number of anilines is 1. The van der Waals surface area contributed by atoms with E-state index in [9.17, 15) is 4.79 Å². The maximum absolute atomic E-state index is 11.3. The Labute approximate surface area is 95.4 Å². The van der Waals surface area contributed by atoms with Gasteiger partial charge in [-0.05, 0) is 6.07 Å². The van der Waals surface area contributed by atoms with Crippen molar-refractivity contribution in [3.05, 3.63) is 29.9 Å². The van der Waals surface area contributed by atoms with Gasteiger partial charge < -0.3 is 14.5 Å². The molecule has 0 atom stereocenters. The first-order valence-electron chi connectivity index (χ1n) is 4.47. The van der Waals surface area contributed by atoms with Gasteiger partial charge in [0, 0.05) is 23.6 Å². The second-order valence-electron chi connectivity index (χ2n) is 2.90. The van der Waals surface area contributed by atoms with E-state index in [1.807, 2.05) is 0 Å². The largest absolute Gasteiger partial charge is 0.463 e. The number of carbonyl (C=O) groups excluding carboxylic acids is 1. The number of hydrogen-bond acceptors (Lipinski definition) is 7. The topological polar surface area (TPSA) is 77.2 Å². The van der Waals surface area contributed by atoms with Crippen molar-refractivity contribution in [1.82, 2.24) is 9.59 Å². The van der Waals surface area contributed by atoms with Gasteiger partial charge in [0.05, 0.1) is 19.6 Å². The third-order valence-electron chi connectivity index (χ3n) is 1.93. The average molecular weight is 239 g/mol. The molecule has 0 bridgehead atoms. The van der Waals surface area contributed by atoms with Crippen LogP contribution in [-0.4, -0.2) is 22.7 Å². The van der Waals surface area contributed by atoms with E-state index in [0.717, 1.165) is 10.6 Å². The lowest BCUT2D eigenvalue weighted by atomic mass is 10.2. The quantitative estimate of drug-likeness (QED) is 0.815. The third-order valence-corrected chi connectivity index (χ3v) is 2.55. The van der Waals surface area contributed by atoms with Gasteiger partial charge in [0.1, 0.15) is 5.00 Å². The number of carbonyl (C=O) groups is 1. The minimum Gasteiger partial charge on any atom is -0.463 e. The Balaban J connectivity index is 2.04. The van der Waals surface area contributed by atoms with E-state index in [1.165, 1.54) is 24.9 Å². The minimum atomic E-state index is -0.482. The molecule has 2 aromatic heterocycles. The van der Waals surface area contributed by atoms with Gasteiger partial charge in [-0.2, -0.15) is 0 Å². The van der Waals surface area contributed by atoms with Crippen LogP contribution in [0.5, 0.6) is 0 Å². The van der Waals surface area contributed by atoms with Gasteiger partial charge >= 0.3 is 5.97 Å². The molecule has 0 amide bonds. The highest BCUT2D eigenvalue weighted by Crippen LogP contribution is 2.15. The number of esters is 1. The van der Waals surface area contributed by atoms with E-state index in [1.54, 1.807) is 12.3 Å². The number of nitrogens with zero attached hydrogens (tertiary/aromatic N) is 2. The van der Waals surface area contributed by atoms with Crippen LogP contribution in [-0.2, 0) is 11.3 Å². The van der Waals surface area contributed by atoms with Crippen LogP contribution in [0.25, 0.3) is 0 Å². The van der Waals surface area contributed by atoms with Crippen LogP contribution >= 0.6 is 11.5 Å². The molecule has 0 aliphatic carbocycles. The van der Waals surface area contributed by atoms with Crippen molar-refractivity contribution in [3.63, 3.8) is 0 Å². The average Bonchev–Trinajstić information content (AvgIpc) is 2.96. The Morgan fingerprint density at radius 3 is 3.25 bits per heavy atom. The standard InChI is InChI=1S/C9H9N3O3S/c1-14-9(13)8-6(2-3-15-8)4-10-7-5-11-12-16-7/h2-3,5,10H,4H2,1H3. The molecular weight excluding hydrogens is 230 g/mol. The van der Waals surface area contributed by atoms with Crippen molar-refractivity contribution < 1.29 is 13.9 Å². The van der Waals surface area contributed by atoms with Crippen LogP contribution in [0.1, 0.15) is 16.1 Å². The lowest BCUT2D eigenvalue weighted by molar-refractivity contribution is 0.0563. The maximum Gasteiger partial charge on any atom is 0.374 e. The summed E-state index contributed by atoms with van der Waals surface area (Å²) in [6.45, 7) is 0.463. The summed E-state index contributed by atoms with van der Waals surface area (Å²) >= 11 is 1.25. The fourth-order valence-electron chi connectivity index (χ4n) is 1.17. The third kappa shape index (κ3) is 2.19. The van der Waals surface area contributed by atoms with Gasteiger partial charge in [0.25, 0.3) is 0 Å². The van der Waals surface area contributed by atoms with Crippen LogP contribution in [0.2, 0.25) is 0 Å². The second-order valence-corrected chi connectivity index (χ2v) is 3.69.